The van der Waals surface area contributed by atoms with Crippen molar-refractivity contribution in [1.29, 1.82) is 0 Å². The first kappa shape index (κ1) is 16.7. The lowest BCUT2D eigenvalue weighted by molar-refractivity contribution is 0.0338. The Hall–Kier alpha value is -1.33. The van der Waals surface area contributed by atoms with Crippen molar-refractivity contribution < 1.29 is 9.47 Å². The Morgan fingerprint density at radius 1 is 1.35 bits per heavy atom. The summed E-state index contributed by atoms with van der Waals surface area (Å²) in [4.78, 5) is 6.44. The van der Waals surface area contributed by atoms with E-state index in [1.165, 1.54) is 0 Å². The second-order valence-corrected chi connectivity index (χ2v) is 4.45. The van der Waals surface area contributed by atoms with Gasteiger partial charge in [-0.1, -0.05) is 20.8 Å². The Labute approximate surface area is 122 Å². The molecule has 0 atom stereocenters. The van der Waals surface area contributed by atoms with Crippen molar-refractivity contribution >= 4 is 5.82 Å². The Morgan fingerprint density at radius 2 is 2.05 bits per heavy atom. The Kier molecular flexibility index (Phi) is 7.99. The molecule has 0 bridgehead atoms. The summed E-state index contributed by atoms with van der Waals surface area (Å²) in [5.74, 6) is 1.39. The van der Waals surface area contributed by atoms with Crippen LogP contribution in [0.15, 0.2) is 12.3 Å². The fourth-order valence-corrected chi connectivity index (χ4v) is 1.97. The fourth-order valence-electron chi connectivity index (χ4n) is 1.97. The molecule has 1 fully saturated rings. The summed E-state index contributed by atoms with van der Waals surface area (Å²) in [6, 6.07) is 1.90. The van der Waals surface area contributed by atoms with Crippen molar-refractivity contribution in [3.63, 3.8) is 0 Å². The summed E-state index contributed by atoms with van der Waals surface area (Å²) in [5.41, 5.74) is 6.86. The smallest absolute Gasteiger partial charge is 0.142 e. The van der Waals surface area contributed by atoms with Crippen molar-refractivity contribution in [2.45, 2.75) is 33.7 Å². The van der Waals surface area contributed by atoms with Crippen molar-refractivity contribution in [1.82, 2.24) is 9.88 Å². The molecule has 2 N–H and O–H groups in total. The predicted molar refractivity (Wildman–Crippen MR) is 81.9 cm³/mol. The highest BCUT2D eigenvalue weighted by atomic mass is 16.5. The van der Waals surface area contributed by atoms with Gasteiger partial charge in [0.1, 0.15) is 11.6 Å². The highest BCUT2D eigenvalue weighted by Crippen LogP contribution is 2.21. The number of pyridine rings is 1. The molecule has 0 unspecified atom stereocenters. The first-order valence-corrected chi connectivity index (χ1v) is 7.47. The topological polar surface area (TPSA) is 60.6 Å². The molecule has 1 aromatic heterocycles. The van der Waals surface area contributed by atoms with Crippen molar-refractivity contribution in [2.24, 2.45) is 0 Å². The third-order valence-electron chi connectivity index (χ3n) is 2.93. The quantitative estimate of drug-likeness (QED) is 0.897. The number of aromatic nitrogens is 1. The van der Waals surface area contributed by atoms with E-state index in [0.29, 0.717) is 12.4 Å². The lowest BCUT2D eigenvalue weighted by atomic mass is 10.2. The summed E-state index contributed by atoms with van der Waals surface area (Å²) in [7, 11) is 0. The zero-order chi connectivity index (χ0) is 14.8. The van der Waals surface area contributed by atoms with Crippen LogP contribution in [0.3, 0.4) is 0 Å². The summed E-state index contributed by atoms with van der Waals surface area (Å²) in [6.45, 7) is 11.1. The molecule has 5 heteroatoms. The van der Waals surface area contributed by atoms with E-state index in [1.54, 1.807) is 6.20 Å². The molecule has 2 rings (SSSR count). The molecule has 0 aliphatic carbocycles. The van der Waals surface area contributed by atoms with Gasteiger partial charge >= 0.3 is 0 Å². The van der Waals surface area contributed by atoms with Gasteiger partial charge in [-0.2, -0.15) is 0 Å². The first-order chi connectivity index (χ1) is 9.79. The molecule has 2 heterocycles. The number of nitrogens with two attached hydrogens (primary N) is 1. The highest BCUT2D eigenvalue weighted by Gasteiger charge is 2.14. The standard InChI is InChI=1S/C13H21N3O2.C2H6/c1-2-5-18-12-9-15-13(14)8-11(12)10-16-3-6-17-7-4-16;1-2/h8-9H,2-7,10H2,1H3,(H2,14,15);1-2H3. The lowest BCUT2D eigenvalue weighted by Crippen LogP contribution is -2.35. The van der Waals surface area contributed by atoms with Gasteiger partial charge in [-0.3, -0.25) is 4.90 Å². The van der Waals surface area contributed by atoms with E-state index in [9.17, 15) is 0 Å². The Balaban J connectivity index is 0.000000956. The van der Waals surface area contributed by atoms with Crippen LogP contribution < -0.4 is 10.5 Å². The van der Waals surface area contributed by atoms with Crippen LogP contribution in [0.25, 0.3) is 0 Å². The van der Waals surface area contributed by atoms with Gasteiger partial charge in [0.15, 0.2) is 0 Å². The van der Waals surface area contributed by atoms with Crippen LogP contribution >= 0.6 is 0 Å². The lowest BCUT2D eigenvalue weighted by Gasteiger charge is -2.27. The number of hydrogen-bond acceptors (Lipinski definition) is 5. The van der Waals surface area contributed by atoms with E-state index in [-0.39, 0.29) is 0 Å². The monoisotopic (exact) mass is 281 g/mol. The molecule has 0 aromatic carbocycles. The largest absolute Gasteiger partial charge is 0.492 e. The van der Waals surface area contributed by atoms with Crippen LogP contribution in [0, 0.1) is 0 Å². The molecule has 1 aromatic rings. The normalized spacial score (nSPS) is 15.3. The van der Waals surface area contributed by atoms with Gasteiger partial charge in [0.2, 0.25) is 0 Å². The van der Waals surface area contributed by atoms with E-state index < -0.39 is 0 Å². The molecule has 0 saturated carbocycles. The molecule has 1 saturated heterocycles. The SMILES string of the molecule is CC.CCCOc1cnc(N)cc1CN1CCOCC1. The van der Waals surface area contributed by atoms with Gasteiger partial charge in [0.25, 0.3) is 0 Å². The average molecular weight is 281 g/mol. The van der Waals surface area contributed by atoms with E-state index in [0.717, 1.165) is 50.6 Å². The number of hydrogen-bond donors (Lipinski definition) is 1. The summed E-state index contributed by atoms with van der Waals surface area (Å²) >= 11 is 0. The molecule has 20 heavy (non-hydrogen) atoms. The molecule has 114 valence electrons. The Bertz CT molecular complexity index is 379. The summed E-state index contributed by atoms with van der Waals surface area (Å²) < 4.78 is 11.1. The minimum Gasteiger partial charge on any atom is -0.492 e. The number of nitrogens with zero attached hydrogens (tertiary/aromatic N) is 2. The molecule has 5 nitrogen and oxygen atoms in total. The third kappa shape index (κ3) is 5.35. The predicted octanol–water partition coefficient (Wildman–Crippen LogP) is 2.31. The van der Waals surface area contributed by atoms with E-state index in [4.69, 9.17) is 15.2 Å². The maximum atomic E-state index is 5.75. The number of nitrogen functional groups attached to an aromatic ring is 1. The number of ether oxygens (including phenoxy) is 2. The van der Waals surface area contributed by atoms with Crippen LogP contribution in [0.2, 0.25) is 0 Å². The number of rotatable bonds is 5. The van der Waals surface area contributed by atoms with Gasteiger partial charge in [0.05, 0.1) is 26.0 Å². The van der Waals surface area contributed by atoms with Crippen LogP contribution in [0.4, 0.5) is 5.82 Å². The summed E-state index contributed by atoms with van der Waals surface area (Å²) in [6.07, 6.45) is 2.71. The summed E-state index contributed by atoms with van der Waals surface area (Å²) in [5, 5.41) is 0. The van der Waals surface area contributed by atoms with Crippen LogP contribution in [0.1, 0.15) is 32.8 Å². The second kappa shape index (κ2) is 9.55. The van der Waals surface area contributed by atoms with E-state index in [2.05, 4.69) is 16.8 Å². The zero-order valence-electron chi connectivity index (χ0n) is 12.9. The second-order valence-electron chi connectivity index (χ2n) is 4.45. The van der Waals surface area contributed by atoms with Crippen molar-refractivity contribution in [3.8, 4) is 5.75 Å². The number of anilines is 1. The van der Waals surface area contributed by atoms with Gasteiger partial charge in [-0.15, -0.1) is 0 Å². The van der Waals surface area contributed by atoms with Gasteiger partial charge in [-0.05, 0) is 12.5 Å². The Morgan fingerprint density at radius 3 is 2.70 bits per heavy atom. The van der Waals surface area contributed by atoms with E-state index in [1.807, 2.05) is 19.9 Å². The third-order valence-corrected chi connectivity index (χ3v) is 2.93. The molecule has 0 amide bonds. The molecular formula is C15H27N3O2. The van der Waals surface area contributed by atoms with Gasteiger partial charge in [-0.25, -0.2) is 4.98 Å². The number of morpholine rings is 1. The molecule has 0 spiro atoms. The first-order valence-electron chi connectivity index (χ1n) is 7.47. The van der Waals surface area contributed by atoms with E-state index >= 15 is 0 Å². The molecule has 0 radical (unpaired) electrons. The minimum absolute atomic E-state index is 0.544. The minimum atomic E-state index is 0.544. The van der Waals surface area contributed by atoms with Crippen molar-refractivity contribution in [3.05, 3.63) is 17.8 Å². The maximum absolute atomic E-state index is 5.75. The average Bonchev–Trinajstić information content (AvgIpc) is 2.50. The van der Waals surface area contributed by atoms with Crippen LogP contribution in [-0.4, -0.2) is 42.8 Å². The molecule has 1 aliphatic heterocycles. The molecular weight excluding hydrogens is 254 g/mol. The van der Waals surface area contributed by atoms with Gasteiger partial charge < -0.3 is 15.2 Å². The maximum Gasteiger partial charge on any atom is 0.142 e. The van der Waals surface area contributed by atoms with Crippen LogP contribution in [-0.2, 0) is 11.3 Å². The van der Waals surface area contributed by atoms with Crippen molar-refractivity contribution in [2.75, 3.05) is 38.6 Å². The zero-order valence-corrected chi connectivity index (χ0v) is 12.9. The van der Waals surface area contributed by atoms with Crippen LogP contribution in [0.5, 0.6) is 5.75 Å². The van der Waals surface area contributed by atoms with Gasteiger partial charge in [0, 0.05) is 25.2 Å². The fraction of sp³-hybridized carbons (Fsp3) is 0.667. The molecule has 1 aliphatic rings. The highest BCUT2D eigenvalue weighted by molar-refractivity contribution is 5.40.